The highest BCUT2D eigenvalue weighted by Crippen LogP contribution is 2.31. The number of anilines is 3. The summed E-state index contributed by atoms with van der Waals surface area (Å²) in [5.74, 6) is -0.425. The topological polar surface area (TPSA) is 79.5 Å². The van der Waals surface area contributed by atoms with Crippen LogP contribution in [0.15, 0.2) is 42.5 Å². The molecule has 2 amide bonds. The van der Waals surface area contributed by atoms with E-state index in [2.05, 4.69) is 20.7 Å². The zero-order chi connectivity index (χ0) is 20.1. The Morgan fingerprint density at radius 3 is 2.57 bits per heavy atom. The van der Waals surface area contributed by atoms with E-state index in [1.165, 1.54) is 18.2 Å². The highest BCUT2D eigenvalue weighted by atomic mass is 19.3. The molecule has 1 fully saturated rings. The Bertz CT molecular complexity index is 870. The fourth-order valence-electron chi connectivity index (χ4n) is 2.62. The SMILES string of the molecule is Cc1ccc(NC(=O)C2CC2)cc1NCC(=O)Nc1ccccc1OC(F)F. The van der Waals surface area contributed by atoms with Crippen molar-refractivity contribution in [3.8, 4) is 5.75 Å². The van der Waals surface area contributed by atoms with Gasteiger partial charge in [-0.2, -0.15) is 8.78 Å². The summed E-state index contributed by atoms with van der Waals surface area (Å²) in [4.78, 5) is 24.1. The van der Waals surface area contributed by atoms with E-state index in [9.17, 15) is 18.4 Å². The van der Waals surface area contributed by atoms with E-state index < -0.39 is 12.5 Å². The molecule has 1 saturated carbocycles. The van der Waals surface area contributed by atoms with Gasteiger partial charge in [0.05, 0.1) is 12.2 Å². The summed E-state index contributed by atoms with van der Waals surface area (Å²) in [6, 6.07) is 11.4. The molecule has 1 aliphatic carbocycles. The van der Waals surface area contributed by atoms with Crippen molar-refractivity contribution in [2.45, 2.75) is 26.4 Å². The third-order valence-electron chi connectivity index (χ3n) is 4.27. The molecule has 8 heteroatoms. The molecule has 0 unspecified atom stereocenters. The Kier molecular flexibility index (Phi) is 6.08. The van der Waals surface area contributed by atoms with Crippen LogP contribution in [-0.4, -0.2) is 25.0 Å². The number of halogens is 2. The number of para-hydroxylation sites is 2. The molecule has 0 atom stereocenters. The maximum atomic E-state index is 12.5. The molecule has 2 aromatic carbocycles. The number of rotatable bonds is 8. The molecule has 6 nitrogen and oxygen atoms in total. The Labute approximate surface area is 161 Å². The van der Waals surface area contributed by atoms with Crippen molar-refractivity contribution in [1.82, 2.24) is 0 Å². The van der Waals surface area contributed by atoms with Crippen LogP contribution in [0.1, 0.15) is 18.4 Å². The number of amides is 2. The van der Waals surface area contributed by atoms with Crippen LogP contribution in [0.5, 0.6) is 5.75 Å². The van der Waals surface area contributed by atoms with Crippen molar-refractivity contribution in [1.29, 1.82) is 0 Å². The fourth-order valence-corrected chi connectivity index (χ4v) is 2.62. The van der Waals surface area contributed by atoms with E-state index >= 15 is 0 Å². The second kappa shape index (κ2) is 8.69. The second-order valence-electron chi connectivity index (χ2n) is 6.57. The molecule has 0 radical (unpaired) electrons. The van der Waals surface area contributed by atoms with E-state index in [0.717, 1.165) is 18.4 Å². The van der Waals surface area contributed by atoms with E-state index in [4.69, 9.17) is 0 Å². The molecule has 0 bridgehead atoms. The first-order chi connectivity index (χ1) is 13.4. The lowest BCUT2D eigenvalue weighted by Crippen LogP contribution is -2.22. The first-order valence-electron chi connectivity index (χ1n) is 8.91. The molecule has 3 rings (SSSR count). The maximum absolute atomic E-state index is 12.5. The van der Waals surface area contributed by atoms with E-state index in [-0.39, 0.29) is 29.8 Å². The predicted octanol–water partition coefficient (Wildman–Crippen LogP) is 4.00. The lowest BCUT2D eigenvalue weighted by Gasteiger charge is -2.14. The summed E-state index contributed by atoms with van der Waals surface area (Å²) in [6.07, 6.45) is 1.83. The molecule has 0 spiro atoms. The molecule has 148 valence electrons. The smallest absolute Gasteiger partial charge is 0.387 e. The van der Waals surface area contributed by atoms with Gasteiger partial charge in [-0.15, -0.1) is 0 Å². The van der Waals surface area contributed by atoms with Crippen LogP contribution in [0.2, 0.25) is 0 Å². The average molecular weight is 389 g/mol. The molecule has 1 aliphatic rings. The highest BCUT2D eigenvalue weighted by molar-refractivity contribution is 5.96. The van der Waals surface area contributed by atoms with Gasteiger partial charge < -0.3 is 20.7 Å². The number of nitrogens with one attached hydrogen (secondary N) is 3. The van der Waals surface area contributed by atoms with Gasteiger partial charge in [0.25, 0.3) is 0 Å². The van der Waals surface area contributed by atoms with Crippen molar-refractivity contribution < 1.29 is 23.1 Å². The number of aryl methyl sites for hydroxylation is 1. The third kappa shape index (κ3) is 5.42. The van der Waals surface area contributed by atoms with Gasteiger partial charge >= 0.3 is 6.61 Å². The largest absolute Gasteiger partial charge is 0.433 e. The minimum atomic E-state index is -2.98. The number of carbonyl (C=O) groups is 2. The Balaban J connectivity index is 1.59. The Morgan fingerprint density at radius 2 is 1.86 bits per heavy atom. The van der Waals surface area contributed by atoms with Crippen LogP contribution in [0.4, 0.5) is 25.8 Å². The summed E-state index contributed by atoms with van der Waals surface area (Å²) in [5, 5.41) is 8.40. The standard InChI is InChI=1S/C20H21F2N3O3/c1-12-6-9-14(24-19(27)13-7-8-13)10-16(12)23-11-18(26)25-15-4-2-3-5-17(15)28-20(21)22/h2-6,9-10,13,20,23H,7-8,11H2,1H3,(H,24,27)(H,25,26). The van der Waals surface area contributed by atoms with Crippen LogP contribution < -0.4 is 20.7 Å². The van der Waals surface area contributed by atoms with Gasteiger partial charge in [0.2, 0.25) is 11.8 Å². The predicted molar refractivity (Wildman–Crippen MR) is 103 cm³/mol. The minimum Gasteiger partial charge on any atom is -0.433 e. The molecule has 0 aliphatic heterocycles. The number of alkyl halides is 2. The van der Waals surface area contributed by atoms with Crippen LogP contribution in [0, 0.1) is 12.8 Å². The van der Waals surface area contributed by atoms with E-state index in [0.29, 0.717) is 11.4 Å². The first-order valence-corrected chi connectivity index (χ1v) is 8.91. The quantitative estimate of drug-likeness (QED) is 0.638. The molecular weight excluding hydrogens is 368 g/mol. The van der Waals surface area contributed by atoms with E-state index in [1.807, 2.05) is 13.0 Å². The van der Waals surface area contributed by atoms with Gasteiger partial charge in [0.1, 0.15) is 5.75 Å². The summed E-state index contributed by atoms with van der Waals surface area (Å²) < 4.78 is 29.3. The zero-order valence-corrected chi connectivity index (χ0v) is 15.3. The van der Waals surface area contributed by atoms with Crippen molar-refractivity contribution in [2.75, 3.05) is 22.5 Å². The summed E-state index contributed by atoms with van der Waals surface area (Å²) in [6.45, 7) is -1.19. The van der Waals surface area contributed by atoms with Gasteiger partial charge in [-0.25, -0.2) is 0 Å². The van der Waals surface area contributed by atoms with Crippen LogP contribution in [0.3, 0.4) is 0 Å². The monoisotopic (exact) mass is 389 g/mol. The van der Waals surface area contributed by atoms with Crippen molar-refractivity contribution in [3.05, 3.63) is 48.0 Å². The van der Waals surface area contributed by atoms with Crippen LogP contribution >= 0.6 is 0 Å². The first kappa shape index (κ1) is 19.6. The van der Waals surface area contributed by atoms with Crippen LogP contribution in [0.25, 0.3) is 0 Å². The average Bonchev–Trinajstić information content (AvgIpc) is 3.48. The summed E-state index contributed by atoms with van der Waals surface area (Å²) >= 11 is 0. The van der Waals surface area contributed by atoms with Crippen molar-refractivity contribution in [3.63, 3.8) is 0 Å². The molecule has 3 N–H and O–H groups in total. The van der Waals surface area contributed by atoms with Gasteiger partial charge in [-0.3, -0.25) is 9.59 Å². The van der Waals surface area contributed by atoms with Gasteiger partial charge in [0.15, 0.2) is 0 Å². The second-order valence-corrected chi connectivity index (χ2v) is 6.57. The van der Waals surface area contributed by atoms with Gasteiger partial charge in [-0.05, 0) is 49.6 Å². The molecule has 28 heavy (non-hydrogen) atoms. The molecule has 0 heterocycles. The molecular formula is C20H21F2N3O3. The summed E-state index contributed by atoms with van der Waals surface area (Å²) in [7, 11) is 0. The lowest BCUT2D eigenvalue weighted by molar-refractivity contribution is -0.117. The maximum Gasteiger partial charge on any atom is 0.387 e. The third-order valence-corrected chi connectivity index (χ3v) is 4.27. The van der Waals surface area contributed by atoms with E-state index in [1.54, 1.807) is 18.2 Å². The Hall–Kier alpha value is -3.16. The molecule has 0 saturated heterocycles. The minimum absolute atomic E-state index is 0.00295. The molecule has 0 aromatic heterocycles. The number of hydrogen-bond donors (Lipinski definition) is 3. The normalized spacial score (nSPS) is 13.1. The fraction of sp³-hybridized carbons (Fsp3) is 0.300. The summed E-state index contributed by atoms with van der Waals surface area (Å²) in [5.41, 5.74) is 2.41. The zero-order valence-electron chi connectivity index (χ0n) is 15.3. The van der Waals surface area contributed by atoms with Gasteiger partial charge in [0, 0.05) is 17.3 Å². The van der Waals surface area contributed by atoms with Crippen molar-refractivity contribution >= 4 is 28.9 Å². The Morgan fingerprint density at radius 1 is 1.11 bits per heavy atom. The van der Waals surface area contributed by atoms with Crippen molar-refractivity contribution in [2.24, 2.45) is 5.92 Å². The highest BCUT2D eigenvalue weighted by Gasteiger charge is 2.29. The number of hydrogen-bond acceptors (Lipinski definition) is 4. The molecule has 2 aromatic rings. The number of ether oxygens (including phenoxy) is 1. The van der Waals surface area contributed by atoms with Gasteiger partial charge in [-0.1, -0.05) is 18.2 Å². The number of benzene rings is 2. The lowest BCUT2D eigenvalue weighted by atomic mass is 10.1. The van der Waals surface area contributed by atoms with Crippen LogP contribution in [-0.2, 0) is 9.59 Å². The number of carbonyl (C=O) groups excluding carboxylic acids is 2.